The van der Waals surface area contributed by atoms with Gasteiger partial charge >= 0.3 is 0 Å². The van der Waals surface area contributed by atoms with Crippen LogP contribution in [0.3, 0.4) is 0 Å². The summed E-state index contributed by atoms with van der Waals surface area (Å²) in [6.45, 7) is 8.04. The summed E-state index contributed by atoms with van der Waals surface area (Å²) >= 11 is 1.85. The van der Waals surface area contributed by atoms with Gasteiger partial charge in [-0.05, 0) is 25.0 Å². The fourth-order valence-corrected chi connectivity index (χ4v) is 4.83. The maximum Gasteiger partial charge on any atom is 0.290 e. The highest BCUT2D eigenvalue weighted by Crippen LogP contribution is 2.45. The van der Waals surface area contributed by atoms with Crippen LogP contribution in [0.25, 0.3) is 0 Å². The summed E-state index contributed by atoms with van der Waals surface area (Å²) in [7, 11) is 0. The first-order valence-electron chi connectivity index (χ1n) is 8.12. The molecule has 1 aromatic rings. The number of amides is 2. The van der Waals surface area contributed by atoms with Crippen LogP contribution in [-0.2, 0) is 4.79 Å². The maximum atomic E-state index is 12.7. The van der Waals surface area contributed by atoms with E-state index in [0.29, 0.717) is 18.8 Å². The molecule has 0 bridgehead atoms. The normalized spacial score (nSPS) is 21.0. The summed E-state index contributed by atoms with van der Waals surface area (Å²) in [5.41, 5.74) is -0.350. The van der Waals surface area contributed by atoms with Crippen LogP contribution in [0.4, 0.5) is 0 Å². The van der Waals surface area contributed by atoms with Gasteiger partial charge < -0.3 is 14.2 Å². The Kier molecular flexibility index (Phi) is 4.21. The predicted octanol–water partition coefficient (Wildman–Crippen LogP) is 2.83. The van der Waals surface area contributed by atoms with Crippen LogP contribution in [0.1, 0.15) is 44.2 Å². The van der Waals surface area contributed by atoms with E-state index in [1.165, 1.54) is 6.26 Å². The minimum Gasteiger partial charge on any atom is -0.459 e. The van der Waals surface area contributed by atoms with Crippen LogP contribution < -0.4 is 0 Å². The lowest BCUT2D eigenvalue weighted by Gasteiger charge is -2.45. The second kappa shape index (κ2) is 5.89. The van der Waals surface area contributed by atoms with Crippen molar-refractivity contribution in [2.75, 3.05) is 25.4 Å². The third kappa shape index (κ3) is 3.01. The van der Waals surface area contributed by atoms with Gasteiger partial charge in [0.05, 0.1) is 11.1 Å². The number of carbonyl (C=O) groups excluding carboxylic acids is 2. The maximum absolute atomic E-state index is 12.7. The SMILES string of the molecule is CC(C)(C)C(=O)N1CCC2(CC1)SCCN2C(=O)c1ccco1. The number of hydrogen-bond donors (Lipinski definition) is 0. The first-order chi connectivity index (χ1) is 10.8. The molecule has 2 aliphatic rings. The Morgan fingerprint density at radius 2 is 1.91 bits per heavy atom. The summed E-state index contributed by atoms with van der Waals surface area (Å²) < 4.78 is 5.28. The molecule has 23 heavy (non-hydrogen) atoms. The van der Waals surface area contributed by atoms with Gasteiger partial charge in [0.15, 0.2) is 5.76 Å². The molecule has 3 rings (SSSR count). The highest BCUT2D eigenvalue weighted by atomic mass is 32.2. The van der Waals surface area contributed by atoms with Gasteiger partial charge in [0, 0.05) is 30.8 Å². The van der Waals surface area contributed by atoms with Gasteiger partial charge in [0.2, 0.25) is 5.91 Å². The number of rotatable bonds is 1. The average molecular weight is 336 g/mol. The number of thioether (sulfide) groups is 1. The zero-order chi connectivity index (χ0) is 16.7. The molecule has 0 aromatic carbocycles. The van der Waals surface area contributed by atoms with E-state index in [1.54, 1.807) is 12.1 Å². The lowest BCUT2D eigenvalue weighted by atomic mass is 9.92. The summed E-state index contributed by atoms with van der Waals surface area (Å²) in [4.78, 5) is 28.9. The molecular formula is C17H24N2O3S. The summed E-state index contributed by atoms with van der Waals surface area (Å²) in [5.74, 6) is 1.51. The molecular weight excluding hydrogens is 312 g/mol. The summed E-state index contributed by atoms with van der Waals surface area (Å²) in [6, 6.07) is 3.46. The molecule has 2 amide bonds. The second-order valence-electron chi connectivity index (χ2n) is 7.27. The van der Waals surface area contributed by atoms with Crippen molar-refractivity contribution in [3.05, 3.63) is 24.2 Å². The van der Waals surface area contributed by atoms with Crippen molar-refractivity contribution in [3.8, 4) is 0 Å². The zero-order valence-electron chi connectivity index (χ0n) is 14.0. The molecule has 0 aliphatic carbocycles. The largest absolute Gasteiger partial charge is 0.459 e. The molecule has 2 aliphatic heterocycles. The first-order valence-corrected chi connectivity index (χ1v) is 9.11. The van der Waals surface area contributed by atoms with E-state index in [2.05, 4.69) is 0 Å². The molecule has 0 radical (unpaired) electrons. The van der Waals surface area contributed by atoms with Crippen molar-refractivity contribution in [2.45, 2.75) is 38.5 Å². The Bertz CT molecular complexity index is 583. The molecule has 5 nitrogen and oxygen atoms in total. The molecule has 1 spiro atoms. The van der Waals surface area contributed by atoms with Gasteiger partial charge in [-0.2, -0.15) is 0 Å². The lowest BCUT2D eigenvalue weighted by molar-refractivity contribution is -0.141. The number of piperidine rings is 1. The van der Waals surface area contributed by atoms with Crippen molar-refractivity contribution < 1.29 is 14.0 Å². The van der Waals surface area contributed by atoms with Crippen molar-refractivity contribution in [2.24, 2.45) is 5.41 Å². The molecule has 0 saturated carbocycles. The van der Waals surface area contributed by atoms with Gasteiger partial charge in [-0.3, -0.25) is 9.59 Å². The number of likely N-dealkylation sites (tertiary alicyclic amines) is 1. The first kappa shape index (κ1) is 16.4. The van der Waals surface area contributed by atoms with Gasteiger partial charge in [-0.25, -0.2) is 0 Å². The van der Waals surface area contributed by atoms with Crippen LogP contribution in [0.2, 0.25) is 0 Å². The molecule has 2 fully saturated rings. The highest BCUT2D eigenvalue weighted by molar-refractivity contribution is 8.00. The standard InChI is InChI=1S/C17H24N2O3S/c1-16(2,3)15(21)18-8-6-17(7-9-18)19(10-12-23-17)14(20)13-5-4-11-22-13/h4-5,11H,6-10,12H2,1-3H3. The minimum absolute atomic E-state index is 0.0319. The molecule has 3 heterocycles. The third-order valence-electron chi connectivity index (χ3n) is 4.63. The van der Waals surface area contributed by atoms with E-state index < -0.39 is 0 Å². The van der Waals surface area contributed by atoms with E-state index in [0.717, 1.165) is 25.1 Å². The van der Waals surface area contributed by atoms with Crippen LogP contribution in [-0.4, -0.2) is 51.9 Å². The van der Waals surface area contributed by atoms with E-state index in [-0.39, 0.29) is 22.1 Å². The Labute approximate surface area is 141 Å². The van der Waals surface area contributed by atoms with Crippen LogP contribution >= 0.6 is 11.8 Å². The highest BCUT2D eigenvalue weighted by Gasteiger charge is 2.48. The molecule has 126 valence electrons. The lowest BCUT2D eigenvalue weighted by Crippen LogP contribution is -2.55. The minimum atomic E-state index is -0.350. The predicted molar refractivity (Wildman–Crippen MR) is 90.2 cm³/mol. The van der Waals surface area contributed by atoms with Gasteiger partial charge in [-0.15, -0.1) is 11.8 Å². The van der Waals surface area contributed by atoms with E-state index in [4.69, 9.17) is 4.42 Å². The van der Waals surface area contributed by atoms with Gasteiger partial charge in [0.1, 0.15) is 0 Å². The third-order valence-corrected chi connectivity index (χ3v) is 6.18. The van der Waals surface area contributed by atoms with Crippen molar-refractivity contribution in [1.82, 2.24) is 9.80 Å². The van der Waals surface area contributed by atoms with Gasteiger partial charge in [-0.1, -0.05) is 20.8 Å². The molecule has 0 atom stereocenters. The number of furan rings is 1. The van der Waals surface area contributed by atoms with Crippen LogP contribution in [0.5, 0.6) is 0 Å². The van der Waals surface area contributed by atoms with Crippen molar-refractivity contribution >= 4 is 23.6 Å². The van der Waals surface area contributed by atoms with E-state index >= 15 is 0 Å². The number of hydrogen-bond acceptors (Lipinski definition) is 4. The van der Waals surface area contributed by atoms with E-state index in [9.17, 15) is 9.59 Å². The van der Waals surface area contributed by atoms with Crippen molar-refractivity contribution in [1.29, 1.82) is 0 Å². The summed E-state index contributed by atoms with van der Waals surface area (Å²) in [6.07, 6.45) is 3.19. The molecule has 2 saturated heterocycles. The second-order valence-corrected chi connectivity index (χ2v) is 8.73. The number of carbonyl (C=O) groups is 2. The number of nitrogens with zero attached hydrogens (tertiary/aromatic N) is 2. The quantitative estimate of drug-likeness (QED) is 0.791. The monoisotopic (exact) mass is 336 g/mol. The zero-order valence-corrected chi connectivity index (χ0v) is 14.8. The molecule has 6 heteroatoms. The molecule has 0 unspecified atom stereocenters. The Morgan fingerprint density at radius 3 is 2.48 bits per heavy atom. The molecule has 0 N–H and O–H groups in total. The van der Waals surface area contributed by atoms with Crippen molar-refractivity contribution in [3.63, 3.8) is 0 Å². The average Bonchev–Trinajstić information content (AvgIpc) is 3.16. The van der Waals surface area contributed by atoms with Gasteiger partial charge in [0.25, 0.3) is 5.91 Å². The Morgan fingerprint density at radius 1 is 1.22 bits per heavy atom. The fourth-order valence-electron chi connectivity index (χ4n) is 3.38. The van der Waals surface area contributed by atoms with Crippen LogP contribution in [0, 0.1) is 5.41 Å². The summed E-state index contributed by atoms with van der Waals surface area (Å²) in [5, 5.41) is 0. The Balaban J connectivity index is 1.71. The van der Waals surface area contributed by atoms with E-state index in [1.807, 2.05) is 42.3 Å². The Hall–Kier alpha value is -1.43. The smallest absolute Gasteiger partial charge is 0.290 e. The molecule has 1 aromatic heterocycles. The van der Waals surface area contributed by atoms with Crippen LogP contribution in [0.15, 0.2) is 22.8 Å². The topological polar surface area (TPSA) is 53.8 Å². The fraction of sp³-hybridized carbons (Fsp3) is 0.647.